The van der Waals surface area contributed by atoms with Crippen molar-refractivity contribution in [3.63, 3.8) is 0 Å². The van der Waals surface area contributed by atoms with Gasteiger partial charge in [-0.05, 0) is 19.1 Å². The summed E-state index contributed by atoms with van der Waals surface area (Å²) in [6, 6.07) is 7.25. The summed E-state index contributed by atoms with van der Waals surface area (Å²) in [5.41, 5.74) is 1.15. The third kappa shape index (κ3) is 2.90. The van der Waals surface area contributed by atoms with E-state index in [4.69, 9.17) is 9.63 Å². The highest BCUT2D eigenvalue weighted by atomic mass is 16.5. The summed E-state index contributed by atoms with van der Waals surface area (Å²) in [6.07, 6.45) is 0.0398. The molecule has 1 aromatic heterocycles. The van der Waals surface area contributed by atoms with Crippen LogP contribution in [-0.2, 0) is 16.0 Å². The van der Waals surface area contributed by atoms with Crippen molar-refractivity contribution in [2.75, 3.05) is 13.1 Å². The molecule has 0 saturated carbocycles. The molecule has 0 unspecified atom stereocenters. The molecule has 0 fully saturated rings. The summed E-state index contributed by atoms with van der Waals surface area (Å²) >= 11 is 0. The minimum Gasteiger partial charge on any atom is -0.480 e. The topological polar surface area (TPSA) is 83.6 Å². The molecule has 1 N–H and O–H groups in total. The van der Waals surface area contributed by atoms with Crippen molar-refractivity contribution < 1.29 is 19.2 Å². The predicted molar refractivity (Wildman–Crippen MR) is 67.6 cm³/mol. The Labute approximate surface area is 109 Å². The molecular weight excluding hydrogens is 248 g/mol. The lowest BCUT2D eigenvalue weighted by Gasteiger charge is -2.17. The van der Waals surface area contributed by atoms with Crippen LogP contribution in [0.1, 0.15) is 12.6 Å². The Morgan fingerprint density at radius 2 is 2.11 bits per heavy atom. The summed E-state index contributed by atoms with van der Waals surface area (Å²) in [5, 5.41) is 13.4. The number of nitrogens with zero attached hydrogens (tertiary/aromatic N) is 2. The van der Waals surface area contributed by atoms with E-state index in [9.17, 15) is 9.59 Å². The number of hydrogen-bond acceptors (Lipinski definition) is 4. The minimum absolute atomic E-state index is 0.0398. The molecule has 1 aromatic carbocycles. The molecule has 0 atom stereocenters. The third-order valence-electron chi connectivity index (χ3n) is 2.83. The molecule has 0 saturated heterocycles. The Morgan fingerprint density at radius 3 is 2.79 bits per heavy atom. The number of hydrogen-bond donors (Lipinski definition) is 1. The van der Waals surface area contributed by atoms with Gasteiger partial charge in [0.1, 0.15) is 12.2 Å². The Morgan fingerprint density at radius 1 is 1.37 bits per heavy atom. The van der Waals surface area contributed by atoms with Crippen molar-refractivity contribution in [2.45, 2.75) is 13.3 Å². The number of amides is 1. The summed E-state index contributed by atoms with van der Waals surface area (Å²) in [4.78, 5) is 23.9. The zero-order valence-corrected chi connectivity index (χ0v) is 10.5. The molecule has 0 aliphatic carbocycles. The smallest absolute Gasteiger partial charge is 0.323 e. The molecule has 6 nitrogen and oxygen atoms in total. The average Bonchev–Trinajstić information content (AvgIpc) is 2.79. The molecular formula is C13H14N2O4. The van der Waals surface area contributed by atoms with Crippen LogP contribution in [0.25, 0.3) is 11.0 Å². The number of carbonyl (C=O) groups is 2. The molecule has 6 heteroatoms. The van der Waals surface area contributed by atoms with Crippen LogP contribution in [0.5, 0.6) is 0 Å². The lowest BCUT2D eigenvalue weighted by Crippen LogP contribution is -2.36. The number of likely N-dealkylation sites (N-methyl/N-ethyl adjacent to an activating group) is 1. The first-order chi connectivity index (χ1) is 9.11. The van der Waals surface area contributed by atoms with E-state index in [1.165, 1.54) is 4.90 Å². The Balaban J connectivity index is 2.16. The zero-order valence-electron chi connectivity index (χ0n) is 10.5. The molecule has 100 valence electrons. The number of carboxylic acid groups (broad SMARTS) is 1. The number of aliphatic carboxylic acids is 1. The number of carboxylic acids is 1. The Hall–Kier alpha value is -2.37. The van der Waals surface area contributed by atoms with Gasteiger partial charge in [0, 0.05) is 11.9 Å². The van der Waals surface area contributed by atoms with E-state index in [0.29, 0.717) is 17.8 Å². The summed E-state index contributed by atoms with van der Waals surface area (Å²) in [7, 11) is 0. The van der Waals surface area contributed by atoms with E-state index >= 15 is 0 Å². The average molecular weight is 262 g/mol. The molecule has 2 aromatic rings. The van der Waals surface area contributed by atoms with Gasteiger partial charge in [-0.25, -0.2) is 0 Å². The number of benzene rings is 1. The molecule has 1 heterocycles. The van der Waals surface area contributed by atoms with E-state index in [-0.39, 0.29) is 18.9 Å². The van der Waals surface area contributed by atoms with Gasteiger partial charge >= 0.3 is 5.97 Å². The fourth-order valence-electron chi connectivity index (χ4n) is 1.86. The van der Waals surface area contributed by atoms with Crippen molar-refractivity contribution in [2.24, 2.45) is 0 Å². The molecule has 2 rings (SSSR count). The minimum atomic E-state index is -1.03. The van der Waals surface area contributed by atoms with Gasteiger partial charge in [0.25, 0.3) is 0 Å². The summed E-state index contributed by atoms with van der Waals surface area (Å²) < 4.78 is 5.11. The van der Waals surface area contributed by atoms with Crippen molar-refractivity contribution in [1.29, 1.82) is 0 Å². The number of aromatic nitrogens is 1. The van der Waals surface area contributed by atoms with E-state index in [0.717, 1.165) is 5.39 Å². The largest absolute Gasteiger partial charge is 0.480 e. The highest BCUT2D eigenvalue weighted by molar-refractivity contribution is 5.87. The predicted octanol–water partition coefficient (Wildman–Crippen LogP) is 1.30. The molecule has 1 amide bonds. The van der Waals surface area contributed by atoms with Crippen LogP contribution >= 0.6 is 0 Å². The standard InChI is InChI=1S/C13H14N2O4/c1-2-15(8-13(17)18)12(16)7-10-9-5-3-4-6-11(9)19-14-10/h3-6H,2,7-8H2,1H3,(H,17,18). The number of carbonyl (C=O) groups excluding carboxylic acids is 1. The van der Waals surface area contributed by atoms with Gasteiger partial charge < -0.3 is 14.5 Å². The van der Waals surface area contributed by atoms with Gasteiger partial charge in [0.05, 0.1) is 6.42 Å². The Kier molecular flexibility index (Phi) is 3.79. The first kappa shape index (κ1) is 13.1. The molecule has 0 radical (unpaired) electrons. The first-order valence-corrected chi connectivity index (χ1v) is 5.94. The molecule has 0 spiro atoms. The lowest BCUT2D eigenvalue weighted by atomic mass is 10.1. The van der Waals surface area contributed by atoms with E-state index in [1.54, 1.807) is 13.0 Å². The van der Waals surface area contributed by atoms with Gasteiger partial charge in [-0.15, -0.1) is 0 Å². The van der Waals surface area contributed by atoms with Crippen LogP contribution in [0.2, 0.25) is 0 Å². The number of fused-ring (bicyclic) bond motifs is 1. The summed E-state index contributed by atoms with van der Waals surface area (Å²) in [6.45, 7) is 1.79. The molecule has 0 aliphatic heterocycles. The van der Waals surface area contributed by atoms with Crippen LogP contribution in [0, 0.1) is 0 Å². The monoisotopic (exact) mass is 262 g/mol. The SMILES string of the molecule is CCN(CC(=O)O)C(=O)Cc1noc2ccccc12. The van der Waals surface area contributed by atoms with E-state index < -0.39 is 5.97 Å². The first-order valence-electron chi connectivity index (χ1n) is 5.94. The van der Waals surface area contributed by atoms with Gasteiger partial charge in [0.15, 0.2) is 5.58 Å². The second-order valence-electron chi connectivity index (χ2n) is 4.10. The normalized spacial score (nSPS) is 10.6. The van der Waals surface area contributed by atoms with Crippen molar-refractivity contribution in [3.05, 3.63) is 30.0 Å². The second kappa shape index (κ2) is 5.51. The van der Waals surface area contributed by atoms with Gasteiger partial charge in [0.2, 0.25) is 5.91 Å². The maximum absolute atomic E-state index is 12.0. The van der Waals surface area contributed by atoms with Crippen LogP contribution in [0.3, 0.4) is 0 Å². The zero-order chi connectivity index (χ0) is 13.8. The van der Waals surface area contributed by atoms with Gasteiger partial charge in [-0.2, -0.15) is 0 Å². The highest BCUT2D eigenvalue weighted by Crippen LogP contribution is 2.18. The summed E-state index contributed by atoms with van der Waals surface area (Å²) in [5.74, 6) is -1.30. The molecule has 0 aliphatic rings. The van der Waals surface area contributed by atoms with Crippen LogP contribution in [0.15, 0.2) is 28.8 Å². The van der Waals surface area contributed by atoms with Gasteiger partial charge in [-0.3, -0.25) is 9.59 Å². The maximum Gasteiger partial charge on any atom is 0.323 e. The lowest BCUT2D eigenvalue weighted by molar-refractivity contribution is -0.144. The van der Waals surface area contributed by atoms with Crippen molar-refractivity contribution in [1.82, 2.24) is 10.1 Å². The van der Waals surface area contributed by atoms with Gasteiger partial charge in [-0.1, -0.05) is 17.3 Å². The van der Waals surface area contributed by atoms with Crippen molar-refractivity contribution in [3.8, 4) is 0 Å². The maximum atomic E-state index is 12.0. The van der Waals surface area contributed by atoms with Crippen LogP contribution in [-0.4, -0.2) is 40.1 Å². The molecule has 0 bridgehead atoms. The highest BCUT2D eigenvalue weighted by Gasteiger charge is 2.18. The van der Waals surface area contributed by atoms with E-state index in [2.05, 4.69) is 5.16 Å². The van der Waals surface area contributed by atoms with Crippen LogP contribution < -0.4 is 0 Å². The molecule has 19 heavy (non-hydrogen) atoms. The van der Waals surface area contributed by atoms with Crippen LogP contribution in [0.4, 0.5) is 0 Å². The number of rotatable bonds is 5. The number of para-hydroxylation sites is 1. The third-order valence-corrected chi connectivity index (χ3v) is 2.83. The second-order valence-corrected chi connectivity index (χ2v) is 4.10. The van der Waals surface area contributed by atoms with Crippen molar-refractivity contribution >= 4 is 22.8 Å². The quantitative estimate of drug-likeness (QED) is 0.878. The fourth-order valence-corrected chi connectivity index (χ4v) is 1.86. The Bertz CT molecular complexity index is 605. The van der Waals surface area contributed by atoms with E-state index in [1.807, 2.05) is 18.2 Å². The fraction of sp³-hybridized carbons (Fsp3) is 0.308.